The van der Waals surface area contributed by atoms with Crippen molar-refractivity contribution in [2.24, 2.45) is 0 Å². The highest BCUT2D eigenvalue weighted by Crippen LogP contribution is 2.31. The monoisotopic (exact) mass is 267 g/mol. The molecule has 0 aliphatic carbocycles. The van der Waals surface area contributed by atoms with E-state index in [1.165, 1.54) is 10.9 Å². The average Bonchev–Trinajstić information content (AvgIpc) is 2.89. The van der Waals surface area contributed by atoms with E-state index in [2.05, 4.69) is 43.4 Å². The van der Waals surface area contributed by atoms with E-state index < -0.39 is 0 Å². The molecule has 0 spiro atoms. The van der Waals surface area contributed by atoms with Crippen LogP contribution in [0.5, 0.6) is 0 Å². The van der Waals surface area contributed by atoms with Crippen molar-refractivity contribution in [1.29, 1.82) is 0 Å². The summed E-state index contributed by atoms with van der Waals surface area (Å²) in [6.45, 7) is 6.44. The van der Waals surface area contributed by atoms with Crippen LogP contribution in [-0.2, 0) is 0 Å². The molecular weight excluding hydrogens is 252 g/mol. The van der Waals surface area contributed by atoms with Crippen LogP contribution in [0, 0.1) is 13.1 Å². The molecule has 0 N–H and O–H groups in total. The van der Waals surface area contributed by atoms with Gasteiger partial charge in [-0.3, -0.25) is 0 Å². The fraction of sp³-hybridized carbons (Fsp3) is 0.250. The molecule has 3 aromatic rings. The molecule has 0 bridgehead atoms. The van der Waals surface area contributed by atoms with E-state index in [0.29, 0.717) is 5.92 Å². The van der Waals surface area contributed by atoms with Gasteiger partial charge in [0.1, 0.15) is 11.2 Å². The second-order valence-corrected chi connectivity index (χ2v) is 5.83. The Labute approximate surface area is 117 Å². The molecule has 0 aliphatic rings. The predicted octanol–water partition coefficient (Wildman–Crippen LogP) is 4.59. The Morgan fingerprint density at radius 2 is 2.00 bits per heavy atom. The Morgan fingerprint density at radius 1 is 1.21 bits per heavy atom. The minimum Gasteiger partial charge on any atom is -0.245 e. The van der Waals surface area contributed by atoms with E-state index in [4.69, 9.17) is 4.98 Å². The van der Waals surface area contributed by atoms with Crippen LogP contribution in [0.2, 0.25) is 0 Å². The van der Waals surface area contributed by atoms with E-state index in [1.54, 1.807) is 11.3 Å². The zero-order valence-electron chi connectivity index (χ0n) is 11.3. The number of fused-ring (bicyclic) bond motifs is 1. The summed E-state index contributed by atoms with van der Waals surface area (Å²) >= 11 is 1.67. The first-order chi connectivity index (χ1) is 9.16. The molecule has 0 saturated heterocycles. The molecule has 3 heteroatoms. The smallest absolute Gasteiger partial charge is 0.126 e. The summed E-state index contributed by atoms with van der Waals surface area (Å²) in [6.07, 6.45) is 3.15. The maximum Gasteiger partial charge on any atom is 0.126 e. The van der Waals surface area contributed by atoms with Crippen molar-refractivity contribution in [2.75, 3.05) is 0 Å². The number of pyridine rings is 1. The van der Waals surface area contributed by atoms with Crippen LogP contribution < -0.4 is 0 Å². The normalized spacial score (nSPS) is 11.4. The maximum atomic E-state index is 4.69. The maximum absolute atomic E-state index is 4.69. The number of hydrogen-bond acceptors (Lipinski definition) is 3. The third-order valence-corrected chi connectivity index (χ3v) is 4.18. The number of rotatable bonds is 2. The summed E-state index contributed by atoms with van der Waals surface area (Å²) in [7, 11) is 0. The highest BCUT2D eigenvalue weighted by Gasteiger charge is 2.12. The van der Waals surface area contributed by atoms with Gasteiger partial charge < -0.3 is 0 Å². The molecule has 3 rings (SSSR count). The van der Waals surface area contributed by atoms with Crippen LogP contribution in [0.4, 0.5) is 0 Å². The van der Waals surface area contributed by atoms with Crippen LogP contribution in [0.25, 0.3) is 21.5 Å². The summed E-state index contributed by atoms with van der Waals surface area (Å²) in [6, 6.07) is 8.17. The van der Waals surface area contributed by atoms with Crippen LogP contribution in [0.15, 0.2) is 29.6 Å². The summed E-state index contributed by atoms with van der Waals surface area (Å²) in [5.74, 6) is 0.457. The van der Waals surface area contributed by atoms with Crippen molar-refractivity contribution < 1.29 is 0 Å². The van der Waals surface area contributed by atoms with Gasteiger partial charge in [-0.2, -0.15) is 0 Å². The molecule has 2 nitrogen and oxygen atoms in total. The largest absolute Gasteiger partial charge is 0.245 e. The highest BCUT2D eigenvalue weighted by molar-refractivity contribution is 7.13. The number of benzene rings is 1. The first-order valence-corrected chi connectivity index (χ1v) is 7.27. The molecule has 95 valence electrons. The zero-order valence-corrected chi connectivity index (χ0v) is 12.1. The third-order valence-electron chi connectivity index (χ3n) is 3.30. The van der Waals surface area contributed by atoms with Crippen molar-refractivity contribution in [3.05, 3.63) is 47.1 Å². The average molecular weight is 267 g/mol. The van der Waals surface area contributed by atoms with Gasteiger partial charge in [0.05, 0.1) is 11.2 Å². The number of thiazole rings is 1. The van der Waals surface area contributed by atoms with E-state index in [0.717, 1.165) is 21.8 Å². The van der Waals surface area contributed by atoms with E-state index in [-0.39, 0.29) is 0 Å². The number of hydrogen-bond donors (Lipinski definition) is 0. The van der Waals surface area contributed by atoms with E-state index in [1.807, 2.05) is 18.2 Å². The van der Waals surface area contributed by atoms with Crippen molar-refractivity contribution in [2.45, 2.75) is 26.7 Å². The van der Waals surface area contributed by atoms with Crippen LogP contribution in [0.3, 0.4) is 0 Å². The summed E-state index contributed by atoms with van der Waals surface area (Å²) in [5.41, 5.74) is 4.36. The SMILES string of the molecule is Cc1c(-c2nc(C(C)C)cs2)[c]nc2ccccc12. The molecular formula is C16H15N2S. The summed E-state index contributed by atoms with van der Waals surface area (Å²) in [5, 5.41) is 4.32. The molecule has 0 unspecified atom stereocenters. The molecule has 0 atom stereocenters. The van der Waals surface area contributed by atoms with Crippen LogP contribution in [0.1, 0.15) is 31.0 Å². The lowest BCUT2D eigenvalue weighted by Gasteiger charge is -2.05. The lowest BCUT2D eigenvalue weighted by atomic mass is 10.1. The fourth-order valence-corrected chi connectivity index (χ4v) is 3.13. The van der Waals surface area contributed by atoms with Crippen LogP contribution in [-0.4, -0.2) is 9.97 Å². The van der Waals surface area contributed by atoms with Gasteiger partial charge in [-0.25, -0.2) is 9.97 Å². The summed E-state index contributed by atoms with van der Waals surface area (Å²) < 4.78 is 0. The Balaban J connectivity index is 2.16. The lowest BCUT2D eigenvalue weighted by Crippen LogP contribution is -1.91. The minimum atomic E-state index is 0.457. The van der Waals surface area contributed by atoms with E-state index >= 15 is 0 Å². The third kappa shape index (κ3) is 2.15. The van der Waals surface area contributed by atoms with Crippen molar-refractivity contribution in [3.8, 4) is 10.6 Å². The van der Waals surface area contributed by atoms with Crippen LogP contribution >= 0.6 is 11.3 Å². The van der Waals surface area contributed by atoms with Crippen molar-refractivity contribution >= 4 is 22.2 Å². The van der Waals surface area contributed by atoms with Crippen molar-refractivity contribution in [1.82, 2.24) is 9.97 Å². The van der Waals surface area contributed by atoms with Gasteiger partial charge in [0.15, 0.2) is 0 Å². The molecule has 19 heavy (non-hydrogen) atoms. The zero-order chi connectivity index (χ0) is 13.4. The Hall–Kier alpha value is -1.74. The van der Waals surface area contributed by atoms with Gasteiger partial charge in [0.2, 0.25) is 0 Å². The summed E-state index contributed by atoms with van der Waals surface area (Å²) in [4.78, 5) is 9.11. The molecule has 0 aliphatic heterocycles. The Bertz CT molecular complexity index is 728. The van der Waals surface area contributed by atoms with Gasteiger partial charge in [-0.05, 0) is 24.5 Å². The minimum absolute atomic E-state index is 0.457. The van der Waals surface area contributed by atoms with Gasteiger partial charge in [0.25, 0.3) is 0 Å². The van der Waals surface area contributed by atoms with Gasteiger partial charge in [0, 0.05) is 16.3 Å². The quantitative estimate of drug-likeness (QED) is 0.678. The number of nitrogens with zero attached hydrogens (tertiary/aromatic N) is 2. The predicted molar refractivity (Wildman–Crippen MR) is 80.5 cm³/mol. The van der Waals surface area contributed by atoms with Gasteiger partial charge >= 0.3 is 0 Å². The van der Waals surface area contributed by atoms with E-state index in [9.17, 15) is 0 Å². The molecule has 0 amide bonds. The molecule has 2 aromatic heterocycles. The highest BCUT2D eigenvalue weighted by atomic mass is 32.1. The molecule has 2 heterocycles. The standard InChI is InChI=1S/C16H15N2S/c1-10(2)15-9-19-16(18-15)13-8-17-14-7-5-4-6-12(14)11(13)3/h4-7,9-10H,1-3H3. The second-order valence-electron chi connectivity index (χ2n) is 4.97. The fourth-order valence-electron chi connectivity index (χ4n) is 2.10. The van der Waals surface area contributed by atoms with Gasteiger partial charge in [-0.15, -0.1) is 11.3 Å². The van der Waals surface area contributed by atoms with Gasteiger partial charge in [-0.1, -0.05) is 32.0 Å². The lowest BCUT2D eigenvalue weighted by molar-refractivity contribution is 0.834. The Morgan fingerprint density at radius 3 is 2.74 bits per heavy atom. The second kappa shape index (κ2) is 4.74. The first-order valence-electron chi connectivity index (χ1n) is 6.39. The molecule has 0 saturated carbocycles. The molecule has 1 aromatic carbocycles. The number of aryl methyl sites for hydroxylation is 1. The molecule has 1 radical (unpaired) electrons. The topological polar surface area (TPSA) is 25.8 Å². The van der Waals surface area contributed by atoms with Crippen molar-refractivity contribution in [3.63, 3.8) is 0 Å². The first kappa shape index (κ1) is 12.3. The number of aromatic nitrogens is 2. The Kier molecular flexibility index (Phi) is 3.07. The number of para-hydroxylation sites is 1. The molecule has 0 fully saturated rings.